The van der Waals surface area contributed by atoms with E-state index in [4.69, 9.17) is 0 Å². The fourth-order valence-electron chi connectivity index (χ4n) is 2.94. The Morgan fingerprint density at radius 1 is 1.29 bits per heavy atom. The van der Waals surface area contributed by atoms with Crippen molar-refractivity contribution < 1.29 is 14.7 Å². The Hall–Kier alpha value is -1.88. The van der Waals surface area contributed by atoms with E-state index in [2.05, 4.69) is 0 Å². The normalized spacial score (nSPS) is 22.4. The van der Waals surface area contributed by atoms with E-state index in [0.717, 1.165) is 10.1 Å². The highest BCUT2D eigenvalue weighted by Gasteiger charge is 2.32. The number of amides is 1. The van der Waals surface area contributed by atoms with Gasteiger partial charge in [0, 0.05) is 17.8 Å². The van der Waals surface area contributed by atoms with Crippen LogP contribution in [-0.4, -0.2) is 35.0 Å². The van der Waals surface area contributed by atoms with Crippen LogP contribution >= 0.6 is 11.3 Å². The van der Waals surface area contributed by atoms with E-state index in [-0.39, 0.29) is 11.8 Å². The minimum Gasteiger partial charge on any atom is -0.481 e. The summed E-state index contributed by atoms with van der Waals surface area (Å²) in [5.74, 6) is -1.09. The van der Waals surface area contributed by atoms with Crippen molar-refractivity contribution >= 4 is 33.3 Å². The Morgan fingerprint density at radius 2 is 2.05 bits per heavy atom. The van der Waals surface area contributed by atoms with Crippen molar-refractivity contribution in [2.75, 3.05) is 13.1 Å². The second-order valence-electron chi connectivity index (χ2n) is 5.73. The Bertz CT molecular complexity index is 661. The number of hydrogen-bond donors (Lipinski definition) is 1. The summed E-state index contributed by atoms with van der Waals surface area (Å²) in [4.78, 5) is 26.2. The van der Waals surface area contributed by atoms with E-state index < -0.39 is 11.9 Å². The third-order valence-electron chi connectivity index (χ3n) is 3.93. The number of nitrogens with zero attached hydrogens (tertiary/aromatic N) is 1. The lowest BCUT2D eigenvalue weighted by molar-refractivity contribution is -0.143. The number of aliphatic carboxylic acids is 1. The summed E-state index contributed by atoms with van der Waals surface area (Å²) in [6.45, 7) is 2.95. The fourth-order valence-corrected chi connectivity index (χ4v) is 3.97. The molecule has 1 saturated heterocycles. The molecule has 0 saturated carbocycles. The average Bonchev–Trinajstić information content (AvgIpc) is 2.89. The molecule has 110 valence electrons. The molecule has 5 heteroatoms. The van der Waals surface area contributed by atoms with Gasteiger partial charge in [0.05, 0.1) is 10.8 Å². The van der Waals surface area contributed by atoms with Crippen LogP contribution in [0.25, 0.3) is 10.1 Å². The number of carboxylic acid groups (broad SMARTS) is 1. The van der Waals surface area contributed by atoms with Gasteiger partial charge in [-0.25, -0.2) is 0 Å². The van der Waals surface area contributed by atoms with Gasteiger partial charge in [0.2, 0.25) is 0 Å². The zero-order valence-corrected chi connectivity index (χ0v) is 12.6. The largest absolute Gasteiger partial charge is 0.481 e. The molecule has 2 unspecified atom stereocenters. The Kier molecular flexibility index (Phi) is 3.68. The Morgan fingerprint density at radius 3 is 2.76 bits per heavy atom. The number of likely N-dealkylation sites (tertiary alicyclic amines) is 1. The molecule has 1 amide bonds. The molecule has 2 atom stereocenters. The van der Waals surface area contributed by atoms with Gasteiger partial charge in [-0.1, -0.05) is 25.1 Å². The van der Waals surface area contributed by atoms with Crippen LogP contribution < -0.4 is 0 Å². The van der Waals surface area contributed by atoms with E-state index >= 15 is 0 Å². The third kappa shape index (κ3) is 2.78. The first-order valence-corrected chi connectivity index (χ1v) is 7.87. The van der Waals surface area contributed by atoms with Gasteiger partial charge >= 0.3 is 5.97 Å². The highest BCUT2D eigenvalue weighted by molar-refractivity contribution is 7.20. The molecular formula is C16H17NO3S. The van der Waals surface area contributed by atoms with Crippen molar-refractivity contribution in [3.63, 3.8) is 0 Å². The molecule has 1 aliphatic rings. The molecule has 2 heterocycles. The van der Waals surface area contributed by atoms with Crippen LogP contribution in [0.15, 0.2) is 30.3 Å². The lowest BCUT2D eigenvalue weighted by Gasteiger charge is -2.34. The number of thiophene rings is 1. The lowest BCUT2D eigenvalue weighted by atomic mass is 9.90. The minimum atomic E-state index is -0.810. The van der Waals surface area contributed by atoms with E-state index in [9.17, 15) is 14.7 Å². The second-order valence-corrected chi connectivity index (χ2v) is 6.82. The fraction of sp³-hybridized carbons (Fsp3) is 0.375. The van der Waals surface area contributed by atoms with Crippen LogP contribution in [0, 0.1) is 11.8 Å². The van der Waals surface area contributed by atoms with E-state index in [1.807, 2.05) is 37.3 Å². The highest BCUT2D eigenvalue weighted by atomic mass is 32.1. The maximum Gasteiger partial charge on any atom is 0.308 e. The Balaban J connectivity index is 1.85. The summed E-state index contributed by atoms with van der Waals surface area (Å²) in [6, 6.07) is 9.79. The number of carbonyl (C=O) groups excluding carboxylic acids is 1. The molecular weight excluding hydrogens is 286 g/mol. The monoisotopic (exact) mass is 303 g/mol. The minimum absolute atomic E-state index is 0.0472. The maximum absolute atomic E-state index is 12.6. The quantitative estimate of drug-likeness (QED) is 0.927. The van der Waals surface area contributed by atoms with Gasteiger partial charge in [-0.2, -0.15) is 0 Å². The van der Waals surface area contributed by atoms with Gasteiger partial charge in [-0.05, 0) is 29.9 Å². The van der Waals surface area contributed by atoms with Crippen LogP contribution in [0.2, 0.25) is 0 Å². The molecule has 21 heavy (non-hydrogen) atoms. The molecule has 0 radical (unpaired) electrons. The van der Waals surface area contributed by atoms with Crippen molar-refractivity contribution in [2.45, 2.75) is 13.3 Å². The first-order chi connectivity index (χ1) is 10.0. The molecule has 1 N–H and O–H groups in total. The van der Waals surface area contributed by atoms with Crippen LogP contribution in [0.1, 0.15) is 23.0 Å². The van der Waals surface area contributed by atoms with Crippen molar-refractivity contribution in [3.8, 4) is 0 Å². The van der Waals surface area contributed by atoms with Crippen molar-refractivity contribution in [1.82, 2.24) is 4.90 Å². The number of carboxylic acids is 1. The van der Waals surface area contributed by atoms with Crippen molar-refractivity contribution in [3.05, 3.63) is 35.2 Å². The first kappa shape index (κ1) is 14.1. The standard InChI is InChI=1S/C16H17NO3S/c1-10-6-12(16(19)20)9-17(8-10)15(18)14-7-11-4-2-3-5-13(11)21-14/h2-5,7,10,12H,6,8-9H2,1H3,(H,19,20). The van der Waals surface area contributed by atoms with Crippen LogP contribution in [-0.2, 0) is 4.79 Å². The number of piperidine rings is 1. The number of fused-ring (bicyclic) bond motifs is 1. The summed E-state index contributed by atoms with van der Waals surface area (Å²) in [5, 5.41) is 10.3. The zero-order valence-electron chi connectivity index (χ0n) is 11.8. The van der Waals surface area contributed by atoms with E-state index in [1.165, 1.54) is 11.3 Å². The lowest BCUT2D eigenvalue weighted by Crippen LogP contribution is -2.45. The summed E-state index contributed by atoms with van der Waals surface area (Å²) >= 11 is 1.47. The van der Waals surface area contributed by atoms with Gasteiger partial charge in [-0.3, -0.25) is 9.59 Å². The van der Waals surface area contributed by atoms with Crippen LogP contribution in [0.4, 0.5) is 0 Å². The second kappa shape index (κ2) is 5.48. The third-order valence-corrected chi connectivity index (χ3v) is 5.04. The van der Waals surface area contributed by atoms with Gasteiger partial charge in [0.1, 0.15) is 0 Å². The predicted molar refractivity (Wildman–Crippen MR) is 82.6 cm³/mol. The number of rotatable bonds is 2. The molecule has 0 spiro atoms. The summed E-state index contributed by atoms with van der Waals surface area (Å²) in [5.41, 5.74) is 0. The number of benzene rings is 1. The van der Waals surface area contributed by atoms with Crippen molar-refractivity contribution in [1.29, 1.82) is 0 Å². The SMILES string of the molecule is CC1CC(C(=O)O)CN(C(=O)c2cc3ccccc3s2)C1. The summed E-state index contributed by atoms with van der Waals surface area (Å²) < 4.78 is 1.08. The van der Waals surface area contributed by atoms with Crippen LogP contribution in [0.5, 0.6) is 0 Å². The van der Waals surface area contributed by atoms with E-state index in [1.54, 1.807) is 4.90 Å². The average molecular weight is 303 g/mol. The predicted octanol–water partition coefficient (Wildman–Crippen LogP) is 3.08. The maximum atomic E-state index is 12.6. The zero-order chi connectivity index (χ0) is 15.0. The molecule has 2 aromatic rings. The summed E-state index contributed by atoms with van der Waals surface area (Å²) in [6.07, 6.45) is 0.644. The van der Waals surface area contributed by atoms with Gasteiger partial charge in [0.15, 0.2) is 0 Å². The molecule has 1 aromatic carbocycles. The molecule has 3 rings (SSSR count). The van der Waals surface area contributed by atoms with Crippen molar-refractivity contribution in [2.24, 2.45) is 11.8 Å². The molecule has 1 aliphatic heterocycles. The summed E-state index contributed by atoms with van der Waals surface area (Å²) in [7, 11) is 0. The molecule has 0 bridgehead atoms. The van der Waals surface area contributed by atoms with E-state index in [0.29, 0.717) is 24.4 Å². The number of carbonyl (C=O) groups is 2. The molecule has 1 fully saturated rings. The van der Waals surface area contributed by atoms with Crippen LogP contribution in [0.3, 0.4) is 0 Å². The number of hydrogen-bond acceptors (Lipinski definition) is 3. The highest BCUT2D eigenvalue weighted by Crippen LogP contribution is 2.29. The Labute approximate surface area is 127 Å². The van der Waals surface area contributed by atoms with Gasteiger partial charge in [0.25, 0.3) is 5.91 Å². The van der Waals surface area contributed by atoms with Gasteiger partial charge < -0.3 is 10.0 Å². The van der Waals surface area contributed by atoms with Gasteiger partial charge in [-0.15, -0.1) is 11.3 Å². The topological polar surface area (TPSA) is 57.6 Å². The molecule has 4 nitrogen and oxygen atoms in total. The smallest absolute Gasteiger partial charge is 0.308 e. The molecule has 0 aliphatic carbocycles. The first-order valence-electron chi connectivity index (χ1n) is 7.05. The molecule has 1 aromatic heterocycles.